The van der Waals surface area contributed by atoms with Crippen LogP contribution in [0.15, 0.2) is 83.6 Å². The number of nitrogens with one attached hydrogen (secondary N) is 1. The van der Waals surface area contributed by atoms with Crippen LogP contribution in [0.25, 0.3) is 11.4 Å². The monoisotopic (exact) mass is 624 g/mol. The van der Waals surface area contributed by atoms with E-state index in [1.807, 2.05) is 35.2 Å². The Hall–Kier alpha value is -4.78. The number of aryl methyl sites for hydroxylation is 3. The minimum Gasteiger partial charge on any atom is -0.406 e. The number of carbonyl (C=O) groups is 1. The Morgan fingerprint density at radius 1 is 1.07 bits per heavy atom. The number of amides is 2. The summed E-state index contributed by atoms with van der Waals surface area (Å²) in [6, 6.07) is 15.2. The molecule has 228 valence electrons. The zero-order chi connectivity index (χ0) is 31.4. The lowest BCUT2D eigenvalue weighted by Crippen LogP contribution is -2.19. The smallest absolute Gasteiger partial charge is 0.406 e. The van der Waals surface area contributed by atoms with Gasteiger partial charge in [-0.15, -0.1) is 24.5 Å². The Labute approximate surface area is 254 Å². The van der Waals surface area contributed by atoms with Crippen molar-refractivity contribution in [3.63, 3.8) is 0 Å². The second kappa shape index (κ2) is 12.8. The van der Waals surface area contributed by atoms with Crippen LogP contribution in [0, 0.1) is 12.7 Å². The van der Waals surface area contributed by atoms with Crippen molar-refractivity contribution in [2.45, 2.75) is 45.9 Å². The molecule has 1 N–H and O–H groups in total. The van der Waals surface area contributed by atoms with Gasteiger partial charge >= 0.3 is 12.4 Å². The Morgan fingerprint density at radius 2 is 1.84 bits per heavy atom. The van der Waals surface area contributed by atoms with Crippen molar-refractivity contribution in [3.8, 4) is 17.1 Å². The van der Waals surface area contributed by atoms with Crippen LogP contribution in [-0.4, -0.2) is 31.7 Å². The van der Waals surface area contributed by atoms with Gasteiger partial charge in [-0.25, -0.2) is 18.9 Å². The molecule has 2 aromatic heterocycles. The number of halogens is 4. The van der Waals surface area contributed by atoms with E-state index < -0.39 is 18.2 Å². The van der Waals surface area contributed by atoms with Crippen molar-refractivity contribution in [2.24, 2.45) is 4.99 Å². The van der Waals surface area contributed by atoms with E-state index in [1.54, 1.807) is 6.07 Å². The maximum absolute atomic E-state index is 14.9. The number of nitrogens with zero attached hydrogens (tertiary/aromatic N) is 5. The molecule has 0 saturated carbocycles. The van der Waals surface area contributed by atoms with Crippen LogP contribution in [0.1, 0.15) is 42.3 Å². The summed E-state index contributed by atoms with van der Waals surface area (Å²) in [4.78, 5) is 21.7. The molecule has 0 radical (unpaired) electrons. The highest BCUT2D eigenvalue weighted by Gasteiger charge is 2.31. The maximum Gasteiger partial charge on any atom is 0.573 e. The van der Waals surface area contributed by atoms with Gasteiger partial charge in [-0.2, -0.15) is 10.1 Å². The molecule has 0 aliphatic carbocycles. The zero-order valence-electron chi connectivity index (χ0n) is 24.0. The summed E-state index contributed by atoms with van der Waals surface area (Å²) in [5.41, 5.74) is 4.31. The van der Waals surface area contributed by atoms with Gasteiger partial charge in [-0.3, -0.25) is 4.57 Å². The fourth-order valence-corrected chi connectivity index (χ4v) is 5.24. The maximum atomic E-state index is 14.9. The standard InChI is InChI=1S/C31H28F4N6O2S/c1-19(2)24-11-4-20(3)16-27(24)40-14-15-44-30(40)38-29(42)37-26-12-5-21(17-25(26)32)6-13-28-36-18-41(39-28)22-7-9-23(10-8-22)43-31(33,34)35/h4-5,7-12,14-19H,6,13H2,1-3H3,(H,37,42). The number of rotatable bonds is 8. The highest BCUT2D eigenvalue weighted by atomic mass is 32.1. The second-order valence-electron chi connectivity index (χ2n) is 10.3. The van der Waals surface area contributed by atoms with Gasteiger partial charge in [0, 0.05) is 18.0 Å². The molecule has 13 heteroatoms. The number of urea groups is 1. The summed E-state index contributed by atoms with van der Waals surface area (Å²) in [6.45, 7) is 6.20. The van der Waals surface area contributed by atoms with Gasteiger partial charge < -0.3 is 10.1 Å². The number of ether oxygens (including phenoxy) is 1. The van der Waals surface area contributed by atoms with Crippen LogP contribution in [0.2, 0.25) is 0 Å². The molecule has 0 saturated heterocycles. The van der Waals surface area contributed by atoms with Gasteiger partial charge in [0.15, 0.2) is 10.6 Å². The number of carbonyl (C=O) groups excluding carboxylic acids is 1. The fraction of sp³-hybridized carbons (Fsp3) is 0.226. The molecule has 5 rings (SSSR count). The fourth-order valence-electron chi connectivity index (χ4n) is 4.53. The number of benzene rings is 3. The number of thiazole rings is 1. The predicted molar refractivity (Wildman–Crippen MR) is 159 cm³/mol. The minimum absolute atomic E-state index is 0.00406. The number of hydrogen-bond donors (Lipinski definition) is 1. The van der Waals surface area contributed by atoms with Crippen molar-refractivity contribution in [2.75, 3.05) is 5.32 Å². The zero-order valence-corrected chi connectivity index (χ0v) is 24.8. The van der Waals surface area contributed by atoms with Crippen molar-refractivity contribution in [1.29, 1.82) is 0 Å². The SMILES string of the molecule is Cc1ccc(C(C)C)c(-n2ccsc2=NC(=O)Nc2ccc(CCc3ncn(-c4ccc(OC(F)(F)F)cc4)n3)cc2F)c1. The third-order valence-corrected chi connectivity index (χ3v) is 7.40. The van der Waals surface area contributed by atoms with Crippen molar-refractivity contribution in [3.05, 3.63) is 112 Å². The van der Waals surface area contributed by atoms with Gasteiger partial charge in [0.1, 0.15) is 17.9 Å². The van der Waals surface area contributed by atoms with Gasteiger partial charge in [-0.05, 0) is 78.4 Å². The first-order valence-electron chi connectivity index (χ1n) is 13.6. The molecule has 0 fully saturated rings. The predicted octanol–water partition coefficient (Wildman–Crippen LogP) is 7.51. The van der Waals surface area contributed by atoms with E-state index in [9.17, 15) is 22.4 Å². The summed E-state index contributed by atoms with van der Waals surface area (Å²) in [7, 11) is 0. The molecule has 0 atom stereocenters. The summed E-state index contributed by atoms with van der Waals surface area (Å²) >= 11 is 1.31. The van der Waals surface area contributed by atoms with E-state index in [4.69, 9.17) is 0 Å². The Balaban J connectivity index is 1.22. The lowest BCUT2D eigenvalue weighted by molar-refractivity contribution is -0.274. The molecule has 2 heterocycles. The Bertz CT molecular complexity index is 1840. The summed E-state index contributed by atoms with van der Waals surface area (Å²) in [6.07, 6.45) is -0.667. The second-order valence-corrected chi connectivity index (χ2v) is 11.1. The van der Waals surface area contributed by atoms with E-state index in [0.29, 0.717) is 34.7 Å². The molecule has 0 aliphatic heterocycles. The molecule has 8 nitrogen and oxygen atoms in total. The highest BCUT2D eigenvalue weighted by molar-refractivity contribution is 7.07. The van der Waals surface area contributed by atoms with Crippen LogP contribution in [0.4, 0.5) is 28.0 Å². The number of anilines is 1. The first kappa shape index (κ1) is 30.7. The third-order valence-electron chi connectivity index (χ3n) is 6.64. The van der Waals surface area contributed by atoms with Gasteiger partial charge in [0.05, 0.1) is 17.1 Å². The first-order chi connectivity index (χ1) is 20.9. The quantitative estimate of drug-likeness (QED) is 0.181. The van der Waals surface area contributed by atoms with E-state index >= 15 is 0 Å². The van der Waals surface area contributed by atoms with Crippen LogP contribution >= 0.6 is 11.3 Å². The van der Waals surface area contributed by atoms with E-state index in [2.05, 4.69) is 45.0 Å². The number of alkyl halides is 3. The van der Waals surface area contributed by atoms with Crippen LogP contribution in [0.5, 0.6) is 5.75 Å². The van der Waals surface area contributed by atoms with Crippen LogP contribution in [0.3, 0.4) is 0 Å². The van der Waals surface area contributed by atoms with Crippen molar-refractivity contribution >= 4 is 23.1 Å². The summed E-state index contributed by atoms with van der Waals surface area (Å²) in [5.74, 6) is -0.211. The number of hydrogen-bond acceptors (Lipinski definition) is 5. The van der Waals surface area contributed by atoms with Crippen molar-refractivity contribution in [1.82, 2.24) is 19.3 Å². The lowest BCUT2D eigenvalue weighted by atomic mass is 9.99. The topological polar surface area (TPSA) is 86.3 Å². The summed E-state index contributed by atoms with van der Waals surface area (Å²) in [5, 5.41) is 8.71. The Kier molecular flexibility index (Phi) is 8.95. The summed E-state index contributed by atoms with van der Waals surface area (Å²) < 4.78 is 59.2. The lowest BCUT2D eigenvalue weighted by Gasteiger charge is -2.14. The first-order valence-corrected chi connectivity index (χ1v) is 14.5. The molecule has 3 aromatic carbocycles. The highest BCUT2D eigenvalue weighted by Crippen LogP contribution is 2.25. The van der Waals surface area contributed by atoms with Crippen LogP contribution < -0.4 is 14.9 Å². The van der Waals surface area contributed by atoms with E-state index in [0.717, 1.165) is 16.8 Å². The Morgan fingerprint density at radius 3 is 2.55 bits per heavy atom. The molecule has 0 bridgehead atoms. The van der Waals surface area contributed by atoms with Gasteiger partial charge in [0.2, 0.25) is 0 Å². The minimum atomic E-state index is -4.77. The average molecular weight is 625 g/mol. The third kappa shape index (κ3) is 7.59. The largest absolute Gasteiger partial charge is 0.573 e. The molecular formula is C31H28F4N6O2S. The number of aromatic nitrogens is 4. The molecule has 0 aliphatic rings. The average Bonchev–Trinajstić information content (AvgIpc) is 3.62. The van der Waals surface area contributed by atoms with Gasteiger partial charge in [0.25, 0.3) is 0 Å². The van der Waals surface area contributed by atoms with Crippen molar-refractivity contribution < 1.29 is 27.1 Å². The van der Waals surface area contributed by atoms with E-state index in [-0.39, 0.29) is 17.4 Å². The molecule has 0 unspecified atom stereocenters. The molecular weight excluding hydrogens is 596 g/mol. The molecule has 44 heavy (non-hydrogen) atoms. The van der Waals surface area contributed by atoms with Gasteiger partial charge in [-0.1, -0.05) is 32.0 Å². The normalized spacial score (nSPS) is 12.1. The van der Waals surface area contributed by atoms with Crippen LogP contribution in [-0.2, 0) is 12.8 Å². The molecule has 5 aromatic rings. The molecule has 0 spiro atoms. The van der Waals surface area contributed by atoms with E-state index in [1.165, 1.54) is 58.7 Å². The molecule has 2 amide bonds.